The average Bonchev–Trinajstić information content (AvgIpc) is 3.23. The number of carbonyl (C=O) groups is 2. The van der Waals surface area contributed by atoms with Crippen LogP contribution in [-0.4, -0.2) is 60.6 Å². The van der Waals surface area contributed by atoms with Crippen molar-refractivity contribution in [2.75, 3.05) is 31.6 Å². The molecule has 1 spiro atoms. The van der Waals surface area contributed by atoms with Crippen LogP contribution < -0.4 is 15.5 Å². The van der Waals surface area contributed by atoms with Gasteiger partial charge in [-0.25, -0.2) is 4.39 Å². The van der Waals surface area contributed by atoms with Crippen molar-refractivity contribution in [1.82, 2.24) is 15.5 Å². The first-order valence-electron chi connectivity index (χ1n) is 14.4. The van der Waals surface area contributed by atoms with E-state index < -0.39 is 12.1 Å². The number of phenolic OH excluding ortho intramolecular Hbond substituents is 1. The predicted octanol–water partition coefficient (Wildman–Crippen LogP) is 3.59. The lowest BCUT2D eigenvalue weighted by Gasteiger charge is -2.41. The fourth-order valence-corrected chi connectivity index (χ4v) is 6.81. The number of likely N-dealkylation sites (N-methyl/N-ethyl adjacent to an activating group) is 1. The van der Waals surface area contributed by atoms with Crippen molar-refractivity contribution in [3.8, 4) is 5.75 Å². The topological polar surface area (TPSA) is 84.9 Å². The Hall–Kier alpha value is -3.91. The van der Waals surface area contributed by atoms with Gasteiger partial charge in [0.25, 0.3) is 0 Å². The van der Waals surface area contributed by atoms with E-state index in [0.29, 0.717) is 32.5 Å². The molecule has 3 aliphatic heterocycles. The smallest absolute Gasteiger partial charge is 0.245 e. The number of phenols is 1. The molecule has 1 saturated heterocycles. The third-order valence-electron chi connectivity index (χ3n) is 9.16. The highest BCUT2D eigenvalue weighted by Gasteiger charge is 2.45. The number of hydrogen-bond donors (Lipinski definition) is 3. The molecule has 0 radical (unpaired) electrons. The van der Waals surface area contributed by atoms with Crippen LogP contribution in [0.5, 0.6) is 5.75 Å². The number of likely N-dealkylation sites (tertiary alicyclic amines) is 1. The van der Waals surface area contributed by atoms with E-state index in [2.05, 4.69) is 15.5 Å². The van der Waals surface area contributed by atoms with Crippen LogP contribution in [0.15, 0.2) is 60.7 Å². The molecular weight excluding hydrogens is 519 g/mol. The zero-order chi connectivity index (χ0) is 28.7. The lowest BCUT2D eigenvalue weighted by atomic mass is 9.74. The molecule has 0 saturated carbocycles. The number of halogens is 1. The monoisotopic (exact) mass is 556 g/mol. The quantitative estimate of drug-likeness (QED) is 0.448. The van der Waals surface area contributed by atoms with Crippen LogP contribution in [-0.2, 0) is 34.4 Å². The van der Waals surface area contributed by atoms with Crippen molar-refractivity contribution in [2.24, 2.45) is 0 Å². The van der Waals surface area contributed by atoms with E-state index in [4.69, 9.17) is 0 Å². The van der Waals surface area contributed by atoms with Gasteiger partial charge in [0.2, 0.25) is 11.8 Å². The Morgan fingerprint density at radius 3 is 2.59 bits per heavy atom. The summed E-state index contributed by atoms with van der Waals surface area (Å²) >= 11 is 0. The van der Waals surface area contributed by atoms with Gasteiger partial charge in [-0.1, -0.05) is 35.9 Å². The van der Waals surface area contributed by atoms with Crippen molar-refractivity contribution >= 4 is 17.5 Å². The zero-order valence-corrected chi connectivity index (χ0v) is 23.6. The fraction of sp³-hybridized carbons (Fsp3) is 0.394. The van der Waals surface area contributed by atoms with E-state index in [1.165, 1.54) is 6.07 Å². The maximum Gasteiger partial charge on any atom is 0.245 e. The first-order chi connectivity index (χ1) is 19.7. The molecule has 0 bridgehead atoms. The first kappa shape index (κ1) is 27.3. The highest BCUT2D eigenvalue weighted by atomic mass is 19.1. The van der Waals surface area contributed by atoms with E-state index >= 15 is 0 Å². The van der Waals surface area contributed by atoms with Crippen LogP contribution in [0.1, 0.15) is 40.7 Å². The SMILES string of the molecule is Cc1ccc(C[C@@H](NC(=O)[C@@H]2Cc3ccc(O)cc3CN2)C(=O)N2CCC3(CC2)CN(C)c2ccc(F)cc23)cc1. The van der Waals surface area contributed by atoms with Crippen LogP contribution in [0.25, 0.3) is 0 Å². The van der Waals surface area contributed by atoms with Crippen molar-refractivity contribution in [3.63, 3.8) is 0 Å². The molecule has 0 unspecified atom stereocenters. The number of aromatic hydroxyl groups is 1. The molecule has 0 aliphatic carbocycles. The van der Waals surface area contributed by atoms with Crippen LogP contribution in [0.2, 0.25) is 0 Å². The van der Waals surface area contributed by atoms with Gasteiger partial charge in [0.15, 0.2) is 0 Å². The molecule has 2 amide bonds. The Bertz CT molecular complexity index is 1470. The third kappa shape index (κ3) is 5.40. The Morgan fingerprint density at radius 1 is 1.07 bits per heavy atom. The van der Waals surface area contributed by atoms with Gasteiger partial charge in [0.05, 0.1) is 6.04 Å². The van der Waals surface area contributed by atoms with Gasteiger partial charge in [-0.3, -0.25) is 9.59 Å². The van der Waals surface area contributed by atoms with Gasteiger partial charge in [0.1, 0.15) is 17.6 Å². The summed E-state index contributed by atoms with van der Waals surface area (Å²) in [6, 6.07) is 17.1. The summed E-state index contributed by atoms with van der Waals surface area (Å²) in [5.74, 6) is -0.308. The van der Waals surface area contributed by atoms with Crippen molar-refractivity contribution in [2.45, 2.75) is 56.7 Å². The molecule has 3 N–H and O–H groups in total. The van der Waals surface area contributed by atoms with E-state index in [1.807, 2.05) is 55.3 Å². The summed E-state index contributed by atoms with van der Waals surface area (Å²) in [4.78, 5) is 31.5. The van der Waals surface area contributed by atoms with Crippen LogP contribution in [0.4, 0.5) is 10.1 Å². The Morgan fingerprint density at radius 2 is 1.83 bits per heavy atom. The molecule has 3 heterocycles. The van der Waals surface area contributed by atoms with E-state index in [1.54, 1.807) is 18.2 Å². The molecule has 7 nitrogen and oxygen atoms in total. The molecule has 0 aromatic heterocycles. The maximum absolute atomic E-state index is 14.2. The highest BCUT2D eigenvalue weighted by molar-refractivity contribution is 5.90. The number of nitrogens with one attached hydrogen (secondary N) is 2. The number of amides is 2. The van der Waals surface area contributed by atoms with E-state index in [-0.39, 0.29) is 28.8 Å². The molecule has 41 heavy (non-hydrogen) atoms. The van der Waals surface area contributed by atoms with Crippen LogP contribution in [0.3, 0.4) is 0 Å². The summed E-state index contributed by atoms with van der Waals surface area (Å²) in [6.07, 6.45) is 2.39. The number of benzene rings is 3. The first-order valence-corrected chi connectivity index (χ1v) is 14.4. The van der Waals surface area contributed by atoms with Gasteiger partial charge in [0, 0.05) is 50.7 Å². The Balaban J connectivity index is 1.18. The number of aryl methyl sites for hydroxylation is 1. The lowest BCUT2D eigenvalue weighted by molar-refractivity contribution is -0.138. The maximum atomic E-state index is 14.2. The average molecular weight is 557 g/mol. The highest BCUT2D eigenvalue weighted by Crippen LogP contribution is 2.46. The normalized spacial score (nSPS) is 19.9. The molecule has 214 valence electrons. The second-order valence-electron chi connectivity index (χ2n) is 12.0. The van der Waals surface area contributed by atoms with Gasteiger partial charge >= 0.3 is 0 Å². The summed E-state index contributed by atoms with van der Waals surface area (Å²) < 4.78 is 14.2. The number of piperidine rings is 1. The number of nitrogens with zero attached hydrogens (tertiary/aromatic N) is 2. The Kier molecular flexibility index (Phi) is 7.20. The van der Waals surface area contributed by atoms with Crippen LogP contribution >= 0.6 is 0 Å². The molecule has 3 aromatic carbocycles. The largest absolute Gasteiger partial charge is 0.508 e. The third-order valence-corrected chi connectivity index (χ3v) is 9.16. The van der Waals surface area contributed by atoms with Crippen LogP contribution in [0, 0.1) is 12.7 Å². The number of hydrogen-bond acceptors (Lipinski definition) is 5. The van der Waals surface area contributed by atoms with Crippen molar-refractivity contribution in [3.05, 3.63) is 94.3 Å². The fourth-order valence-electron chi connectivity index (χ4n) is 6.81. The molecule has 2 atom stereocenters. The summed E-state index contributed by atoms with van der Waals surface area (Å²) in [5.41, 5.74) is 6.04. The minimum atomic E-state index is -0.696. The molecule has 3 aromatic rings. The minimum absolute atomic E-state index is 0.0827. The minimum Gasteiger partial charge on any atom is -0.508 e. The van der Waals surface area contributed by atoms with Gasteiger partial charge in [-0.2, -0.15) is 0 Å². The second-order valence-corrected chi connectivity index (χ2v) is 12.0. The van der Waals surface area contributed by atoms with Gasteiger partial charge in [-0.15, -0.1) is 0 Å². The summed E-state index contributed by atoms with van der Waals surface area (Å²) in [7, 11) is 2.04. The van der Waals surface area contributed by atoms with E-state index in [9.17, 15) is 19.1 Å². The van der Waals surface area contributed by atoms with Gasteiger partial charge in [-0.05, 0) is 78.8 Å². The van der Waals surface area contributed by atoms with Gasteiger partial charge < -0.3 is 25.5 Å². The summed E-state index contributed by atoms with van der Waals surface area (Å²) in [5, 5.41) is 16.1. The molecule has 1 fully saturated rings. The standard InChI is InChI=1S/C33H37FN4O3/c1-21-3-5-22(6-4-21)15-29(36-31(40)28-17-23-7-9-26(39)16-24(23)19-35-28)32(41)38-13-11-33(12-14-38)20-37(2)30-10-8-25(34)18-27(30)33/h3-10,16,18,28-29,35,39H,11-15,17,19-20H2,1-2H3,(H,36,40)/t28-,29+/m0/s1. The zero-order valence-electron chi connectivity index (χ0n) is 23.6. The molecular formula is C33H37FN4O3. The lowest BCUT2D eigenvalue weighted by Crippen LogP contribution is -2.57. The number of fused-ring (bicyclic) bond motifs is 3. The van der Waals surface area contributed by atoms with Crippen molar-refractivity contribution in [1.29, 1.82) is 0 Å². The van der Waals surface area contributed by atoms with Crippen molar-refractivity contribution < 1.29 is 19.1 Å². The number of anilines is 1. The van der Waals surface area contributed by atoms with E-state index in [0.717, 1.165) is 52.9 Å². The predicted molar refractivity (Wildman–Crippen MR) is 156 cm³/mol. The molecule has 3 aliphatic rings. The second kappa shape index (κ2) is 10.8. The number of carbonyl (C=O) groups excluding carboxylic acids is 2. The molecule has 8 heteroatoms. The Labute approximate surface area is 240 Å². The number of rotatable bonds is 5. The summed E-state index contributed by atoms with van der Waals surface area (Å²) in [6.45, 7) is 4.42. The molecule has 6 rings (SSSR count).